The Balaban J connectivity index is 1.37. The summed E-state index contributed by atoms with van der Waals surface area (Å²) in [5.74, 6) is -1.67. The minimum atomic E-state index is -0.668. The molecule has 1 N–H and O–H groups in total. The maximum absolute atomic E-state index is 14.5. The number of nitrogens with one attached hydrogen (secondary N) is 1. The first kappa shape index (κ1) is 19.9. The Kier molecular flexibility index (Phi) is 4.73. The fraction of sp³-hybridized carbons (Fsp3) is 0.217. The van der Waals surface area contributed by atoms with Gasteiger partial charge in [0.25, 0.3) is 5.91 Å². The number of esters is 1. The van der Waals surface area contributed by atoms with Gasteiger partial charge in [-0.05, 0) is 36.3 Å². The summed E-state index contributed by atoms with van der Waals surface area (Å²) in [5.41, 5.74) is 1.48. The molecule has 2 aromatic carbocycles. The Bertz CT molecular complexity index is 1210. The van der Waals surface area contributed by atoms with Crippen LogP contribution < -0.4 is 5.32 Å². The number of halogens is 1. The smallest absolute Gasteiger partial charge is 0.344 e. The van der Waals surface area contributed by atoms with E-state index in [0.29, 0.717) is 35.4 Å². The highest BCUT2D eigenvalue weighted by Gasteiger charge is 2.38. The summed E-state index contributed by atoms with van der Waals surface area (Å²) < 4.78 is 19.8. The molecule has 2 saturated heterocycles. The van der Waals surface area contributed by atoms with Crippen LogP contribution in [0.5, 0.6) is 0 Å². The van der Waals surface area contributed by atoms with Crippen LogP contribution in [0.25, 0.3) is 11.8 Å². The summed E-state index contributed by atoms with van der Waals surface area (Å²) >= 11 is 0. The van der Waals surface area contributed by atoms with E-state index < -0.39 is 23.7 Å². The van der Waals surface area contributed by atoms with E-state index in [1.54, 1.807) is 30.3 Å². The summed E-state index contributed by atoms with van der Waals surface area (Å²) in [6, 6.07) is 10.3. The van der Waals surface area contributed by atoms with Crippen LogP contribution in [-0.4, -0.2) is 59.3 Å². The average Bonchev–Trinajstić information content (AvgIpc) is 3.47. The van der Waals surface area contributed by atoms with Crippen molar-refractivity contribution in [2.24, 2.45) is 0 Å². The van der Waals surface area contributed by atoms with Gasteiger partial charge < -0.3 is 14.5 Å². The monoisotopic (exact) mass is 435 g/mol. The van der Waals surface area contributed by atoms with Crippen molar-refractivity contribution in [1.29, 1.82) is 0 Å². The van der Waals surface area contributed by atoms with Crippen molar-refractivity contribution in [3.05, 3.63) is 70.5 Å². The molecule has 3 aliphatic rings. The van der Waals surface area contributed by atoms with Crippen LogP contribution in [0, 0.1) is 5.82 Å². The van der Waals surface area contributed by atoms with Gasteiger partial charge in [0.15, 0.2) is 0 Å². The fourth-order valence-corrected chi connectivity index (χ4v) is 4.24. The molecule has 2 fully saturated rings. The number of benzene rings is 2. The summed E-state index contributed by atoms with van der Waals surface area (Å²) in [7, 11) is 0. The second kappa shape index (κ2) is 7.60. The van der Waals surface area contributed by atoms with Crippen molar-refractivity contribution in [2.45, 2.75) is 12.5 Å². The number of fused-ring (bicyclic) bond motifs is 1. The van der Waals surface area contributed by atoms with Gasteiger partial charge in [-0.25, -0.2) is 14.0 Å². The lowest BCUT2D eigenvalue weighted by Crippen LogP contribution is -2.40. The van der Waals surface area contributed by atoms with Crippen molar-refractivity contribution in [2.75, 3.05) is 19.6 Å². The quantitative estimate of drug-likeness (QED) is 0.590. The molecule has 8 nitrogen and oxygen atoms in total. The molecule has 5 rings (SSSR count). The van der Waals surface area contributed by atoms with Gasteiger partial charge >= 0.3 is 12.0 Å². The van der Waals surface area contributed by atoms with Crippen molar-refractivity contribution in [3.8, 4) is 0 Å². The molecule has 0 radical (unpaired) electrons. The van der Waals surface area contributed by atoms with Gasteiger partial charge in [0.1, 0.15) is 18.1 Å². The number of cyclic esters (lactones) is 1. The summed E-state index contributed by atoms with van der Waals surface area (Å²) in [4.78, 5) is 51.2. The molecular weight excluding hydrogens is 417 g/mol. The van der Waals surface area contributed by atoms with Gasteiger partial charge in [-0.2, -0.15) is 0 Å². The SMILES string of the molecule is O=C1CN(C2CCN(C(=O)c3cc(C=C4OC(=O)c5ccccc54)ccc3F)C2)C(=O)N1. The number of imide groups is 1. The van der Waals surface area contributed by atoms with Crippen LogP contribution in [0.4, 0.5) is 9.18 Å². The van der Waals surface area contributed by atoms with Crippen molar-refractivity contribution >= 4 is 35.6 Å². The molecule has 9 heteroatoms. The number of amides is 4. The summed E-state index contributed by atoms with van der Waals surface area (Å²) in [6.45, 7) is 0.523. The number of hydrogen-bond donors (Lipinski definition) is 1. The minimum Gasteiger partial charge on any atom is -0.422 e. The molecule has 0 aliphatic carbocycles. The summed E-state index contributed by atoms with van der Waals surface area (Å²) in [5, 5.41) is 2.22. The van der Waals surface area contributed by atoms with Gasteiger partial charge in [-0.3, -0.25) is 14.9 Å². The zero-order chi connectivity index (χ0) is 22.4. The third-order valence-corrected chi connectivity index (χ3v) is 5.85. The number of carbonyl (C=O) groups is 4. The molecule has 0 bridgehead atoms. The van der Waals surface area contributed by atoms with Crippen LogP contribution in [0.15, 0.2) is 42.5 Å². The van der Waals surface area contributed by atoms with E-state index in [4.69, 9.17) is 4.74 Å². The molecule has 32 heavy (non-hydrogen) atoms. The second-order valence-electron chi connectivity index (χ2n) is 7.86. The molecule has 3 aliphatic heterocycles. The van der Waals surface area contributed by atoms with Gasteiger partial charge in [-0.1, -0.05) is 24.3 Å². The van der Waals surface area contributed by atoms with E-state index in [9.17, 15) is 23.6 Å². The number of hydrogen-bond acceptors (Lipinski definition) is 5. The zero-order valence-corrected chi connectivity index (χ0v) is 16.8. The van der Waals surface area contributed by atoms with Crippen LogP contribution in [0.2, 0.25) is 0 Å². The minimum absolute atomic E-state index is 0.0385. The Labute approximate surface area is 182 Å². The van der Waals surface area contributed by atoms with Crippen molar-refractivity contribution in [1.82, 2.24) is 15.1 Å². The Morgan fingerprint density at radius 2 is 1.91 bits per heavy atom. The number of nitrogens with zero attached hydrogens (tertiary/aromatic N) is 2. The van der Waals surface area contributed by atoms with E-state index in [1.807, 2.05) is 0 Å². The maximum Gasteiger partial charge on any atom is 0.344 e. The lowest BCUT2D eigenvalue weighted by molar-refractivity contribution is -0.118. The topological polar surface area (TPSA) is 96.0 Å². The van der Waals surface area contributed by atoms with Crippen LogP contribution in [0.1, 0.15) is 38.3 Å². The van der Waals surface area contributed by atoms with E-state index in [2.05, 4.69) is 5.32 Å². The fourth-order valence-electron chi connectivity index (χ4n) is 4.24. The molecular formula is C23H18FN3O5. The van der Waals surface area contributed by atoms with Crippen molar-refractivity contribution < 1.29 is 28.3 Å². The Morgan fingerprint density at radius 1 is 1.12 bits per heavy atom. The van der Waals surface area contributed by atoms with Gasteiger partial charge in [0.2, 0.25) is 5.91 Å². The van der Waals surface area contributed by atoms with Crippen LogP contribution in [-0.2, 0) is 9.53 Å². The molecule has 0 spiro atoms. The highest BCUT2D eigenvalue weighted by atomic mass is 19.1. The van der Waals surface area contributed by atoms with Crippen LogP contribution >= 0.6 is 0 Å². The number of likely N-dealkylation sites (tertiary alicyclic amines) is 1. The van der Waals surface area contributed by atoms with E-state index in [-0.39, 0.29) is 30.6 Å². The molecule has 0 saturated carbocycles. The van der Waals surface area contributed by atoms with E-state index in [1.165, 1.54) is 28.0 Å². The van der Waals surface area contributed by atoms with Gasteiger partial charge in [-0.15, -0.1) is 0 Å². The Morgan fingerprint density at radius 3 is 2.66 bits per heavy atom. The third-order valence-electron chi connectivity index (χ3n) is 5.85. The molecule has 4 amide bonds. The molecule has 1 unspecified atom stereocenters. The first-order valence-corrected chi connectivity index (χ1v) is 10.1. The Hall–Kier alpha value is -4.01. The molecule has 162 valence electrons. The van der Waals surface area contributed by atoms with Gasteiger partial charge in [0, 0.05) is 18.7 Å². The highest BCUT2D eigenvalue weighted by Crippen LogP contribution is 2.31. The van der Waals surface area contributed by atoms with Gasteiger partial charge in [0.05, 0.1) is 17.2 Å². The predicted octanol–water partition coefficient (Wildman–Crippen LogP) is 2.26. The lowest BCUT2D eigenvalue weighted by Gasteiger charge is -2.22. The van der Waals surface area contributed by atoms with Crippen molar-refractivity contribution in [3.63, 3.8) is 0 Å². The van der Waals surface area contributed by atoms with E-state index >= 15 is 0 Å². The standard InChI is InChI=1S/C23H18FN3O5/c24-18-6-5-13(10-19-15-3-1-2-4-16(15)22(30)32-19)9-17(18)21(29)26-8-7-14(11-26)27-12-20(28)25-23(27)31/h1-6,9-10,14H,7-8,11-12H2,(H,25,28,31). The highest BCUT2D eigenvalue weighted by molar-refractivity contribution is 6.06. The normalized spacial score (nSPS) is 21.2. The first-order valence-electron chi connectivity index (χ1n) is 10.1. The molecule has 0 aromatic heterocycles. The van der Waals surface area contributed by atoms with Crippen LogP contribution in [0.3, 0.4) is 0 Å². The first-order chi connectivity index (χ1) is 15.4. The lowest BCUT2D eigenvalue weighted by atomic mass is 10.0. The number of rotatable bonds is 3. The molecule has 2 aromatic rings. The summed E-state index contributed by atoms with van der Waals surface area (Å²) in [6.07, 6.45) is 2.09. The second-order valence-corrected chi connectivity index (χ2v) is 7.86. The number of urea groups is 1. The number of carbonyl (C=O) groups excluding carboxylic acids is 4. The largest absolute Gasteiger partial charge is 0.422 e. The third kappa shape index (κ3) is 3.41. The van der Waals surface area contributed by atoms with E-state index in [0.717, 1.165) is 0 Å². The number of ether oxygens (including phenoxy) is 1. The molecule has 1 atom stereocenters. The molecule has 3 heterocycles. The maximum atomic E-state index is 14.5. The predicted molar refractivity (Wildman–Crippen MR) is 111 cm³/mol. The average molecular weight is 435 g/mol. The zero-order valence-electron chi connectivity index (χ0n) is 16.8.